The molecular weight excluding hydrogens is 249 g/mol. The second-order valence-corrected chi connectivity index (χ2v) is 4.07. The molecular formula is C12H14FN5O. The number of hydrogen-bond acceptors (Lipinski definition) is 4. The van der Waals surface area contributed by atoms with Crippen LogP contribution in [0.3, 0.4) is 0 Å². The SMILES string of the molecule is Cc1cc(NC(=O)c2cn(CCN)nn2)ccc1F. The standard InChI is InChI=1S/C12H14FN5O/c1-8-6-9(2-3-10(8)13)15-12(19)11-7-18(5-4-14)17-16-11/h2-3,6-7H,4-5,14H2,1H3,(H,15,19). The van der Waals surface area contributed by atoms with E-state index < -0.39 is 5.91 Å². The fourth-order valence-corrected chi connectivity index (χ4v) is 1.56. The summed E-state index contributed by atoms with van der Waals surface area (Å²) in [6, 6.07) is 4.35. The maximum atomic E-state index is 13.1. The minimum Gasteiger partial charge on any atom is -0.329 e. The molecule has 100 valence electrons. The number of carbonyl (C=O) groups excluding carboxylic acids is 1. The monoisotopic (exact) mass is 263 g/mol. The third kappa shape index (κ3) is 3.14. The molecule has 2 aromatic rings. The zero-order valence-electron chi connectivity index (χ0n) is 10.4. The van der Waals surface area contributed by atoms with Crippen molar-refractivity contribution in [2.24, 2.45) is 5.73 Å². The fraction of sp³-hybridized carbons (Fsp3) is 0.250. The predicted molar refractivity (Wildman–Crippen MR) is 68.2 cm³/mol. The molecule has 0 aliphatic heterocycles. The lowest BCUT2D eigenvalue weighted by molar-refractivity contribution is 0.102. The Kier molecular flexibility index (Phi) is 3.86. The molecule has 0 atom stereocenters. The van der Waals surface area contributed by atoms with Gasteiger partial charge in [0.1, 0.15) is 5.82 Å². The van der Waals surface area contributed by atoms with Crippen LogP contribution in [0.5, 0.6) is 0 Å². The Bertz CT molecular complexity index is 596. The summed E-state index contributed by atoms with van der Waals surface area (Å²) in [4.78, 5) is 11.9. The number of rotatable bonds is 4. The summed E-state index contributed by atoms with van der Waals surface area (Å²) in [5, 5.41) is 10.1. The third-order valence-electron chi connectivity index (χ3n) is 2.55. The Hall–Kier alpha value is -2.28. The lowest BCUT2D eigenvalue weighted by atomic mass is 10.2. The van der Waals surface area contributed by atoms with E-state index in [2.05, 4.69) is 15.6 Å². The summed E-state index contributed by atoms with van der Waals surface area (Å²) in [5.74, 6) is -0.707. The Labute approximate surface area is 109 Å². The summed E-state index contributed by atoms with van der Waals surface area (Å²) < 4.78 is 14.6. The Balaban J connectivity index is 2.09. The van der Waals surface area contributed by atoms with E-state index in [1.165, 1.54) is 23.0 Å². The van der Waals surface area contributed by atoms with Crippen molar-refractivity contribution in [2.45, 2.75) is 13.5 Å². The first kappa shape index (κ1) is 13.2. The second kappa shape index (κ2) is 5.57. The van der Waals surface area contributed by atoms with Crippen LogP contribution in [0, 0.1) is 12.7 Å². The summed E-state index contributed by atoms with van der Waals surface area (Å²) in [6.07, 6.45) is 1.51. The summed E-state index contributed by atoms with van der Waals surface area (Å²) >= 11 is 0. The van der Waals surface area contributed by atoms with Gasteiger partial charge < -0.3 is 11.1 Å². The second-order valence-electron chi connectivity index (χ2n) is 4.07. The van der Waals surface area contributed by atoms with E-state index in [0.29, 0.717) is 24.3 Å². The van der Waals surface area contributed by atoms with Gasteiger partial charge in [0.25, 0.3) is 5.91 Å². The molecule has 3 N–H and O–H groups in total. The number of anilines is 1. The highest BCUT2D eigenvalue weighted by Gasteiger charge is 2.11. The van der Waals surface area contributed by atoms with Crippen LogP contribution in [-0.2, 0) is 6.54 Å². The summed E-state index contributed by atoms with van der Waals surface area (Å²) in [5.41, 5.74) is 6.54. The normalized spacial score (nSPS) is 10.5. The fourth-order valence-electron chi connectivity index (χ4n) is 1.56. The van der Waals surface area contributed by atoms with Gasteiger partial charge in [-0.3, -0.25) is 9.48 Å². The molecule has 19 heavy (non-hydrogen) atoms. The molecule has 1 amide bonds. The summed E-state index contributed by atoms with van der Waals surface area (Å²) in [6.45, 7) is 2.54. The lowest BCUT2D eigenvalue weighted by Gasteiger charge is -2.04. The van der Waals surface area contributed by atoms with Crippen molar-refractivity contribution in [1.82, 2.24) is 15.0 Å². The van der Waals surface area contributed by atoms with Crippen LogP contribution in [0.1, 0.15) is 16.1 Å². The van der Waals surface area contributed by atoms with E-state index in [9.17, 15) is 9.18 Å². The van der Waals surface area contributed by atoms with Crippen molar-refractivity contribution in [3.05, 3.63) is 41.5 Å². The van der Waals surface area contributed by atoms with Crippen molar-refractivity contribution in [3.8, 4) is 0 Å². The highest BCUT2D eigenvalue weighted by Crippen LogP contribution is 2.14. The molecule has 0 aliphatic carbocycles. The van der Waals surface area contributed by atoms with Crippen LogP contribution >= 0.6 is 0 Å². The number of halogens is 1. The number of carbonyl (C=O) groups is 1. The van der Waals surface area contributed by atoms with Gasteiger partial charge in [-0.1, -0.05) is 5.21 Å². The number of aromatic nitrogens is 3. The zero-order valence-corrected chi connectivity index (χ0v) is 10.4. The first-order valence-corrected chi connectivity index (χ1v) is 5.78. The molecule has 0 fully saturated rings. The highest BCUT2D eigenvalue weighted by atomic mass is 19.1. The van der Waals surface area contributed by atoms with Gasteiger partial charge >= 0.3 is 0 Å². The van der Waals surface area contributed by atoms with Crippen LogP contribution in [0.2, 0.25) is 0 Å². The van der Waals surface area contributed by atoms with Crippen LogP contribution in [0.25, 0.3) is 0 Å². The average Bonchev–Trinajstić information content (AvgIpc) is 2.83. The molecule has 1 aromatic heterocycles. The van der Waals surface area contributed by atoms with Crippen molar-refractivity contribution in [1.29, 1.82) is 0 Å². The third-order valence-corrected chi connectivity index (χ3v) is 2.55. The number of nitrogens with zero attached hydrogens (tertiary/aromatic N) is 3. The van der Waals surface area contributed by atoms with Gasteiger partial charge in [0.15, 0.2) is 5.69 Å². The Morgan fingerprint density at radius 3 is 3.00 bits per heavy atom. The van der Waals surface area contributed by atoms with Gasteiger partial charge in [0, 0.05) is 12.2 Å². The smallest absolute Gasteiger partial charge is 0.277 e. The van der Waals surface area contributed by atoms with Gasteiger partial charge in [0.2, 0.25) is 0 Å². The maximum absolute atomic E-state index is 13.1. The maximum Gasteiger partial charge on any atom is 0.277 e. The van der Waals surface area contributed by atoms with E-state index in [1.807, 2.05) is 0 Å². The minimum absolute atomic E-state index is 0.190. The largest absolute Gasteiger partial charge is 0.329 e. The number of hydrogen-bond donors (Lipinski definition) is 2. The van der Waals surface area contributed by atoms with Gasteiger partial charge in [-0.2, -0.15) is 0 Å². The molecule has 2 rings (SSSR count). The number of benzene rings is 1. The molecule has 6 nitrogen and oxygen atoms in total. The van der Waals surface area contributed by atoms with Gasteiger partial charge in [0.05, 0.1) is 12.7 Å². The first-order valence-electron chi connectivity index (χ1n) is 5.78. The average molecular weight is 263 g/mol. The quantitative estimate of drug-likeness (QED) is 0.859. The van der Waals surface area contributed by atoms with Crippen molar-refractivity contribution >= 4 is 11.6 Å². The predicted octanol–water partition coefficient (Wildman–Crippen LogP) is 0.937. The summed E-state index contributed by atoms with van der Waals surface area (Å²) in [7, 11) is 0. The number of nitrogens with two attached hydrogens (primary N) is 1. The lowest BCUT2D eigenvalue weighted by Crippen LogP contribution is -2.13. The molecule has 0 saturated carbocycles. The molecule has 1 heterocycles. The number of nitrogens with one attached hydrogen (secondary N) is 1. The van der Waals surface area contributed by atoms with E-state index in [-0.39, 0.29) is 11.5 Å². The van der Waals surface area contributed by atoms with Gasteiger partial charge in [-0.15, -0.1) is 5.10 Å². The van der Waals surface area contributed by atoms with Crippen LogP contribution < -0.4 is 11.1 Å². The minimum atomic E-state index is -0.394. The van der Waals surface area contributed by atoms with E-state index >= 15 is 0 Å². The highest BCUT2D eigenvalue weighted by molar-refractivity contribution is 6.02. The number of amides is 1. The van der Waals surface area contributed by atoms with E-state index in [1.54, 1.807) is 13.0 Å². The molecule has 1 aromatic carbocycles. The molecule has 0 unspecified atom stereocenters. The molecule has 7 heteroatoms. The zero-order chi connectivity index (χ0) is 13.8. The molecule has 0 aliphatic rings. The van der Waals surface area contributed by atoms with Gasteiger partial charge in [-0.05, 0) is 30.7 Å². The van der Waals surface area contributed by atoms with Crippen LogP contribution in [0.15, 0.2) is 24.4 Å². The van der Waals surface area contributed by atoms with Crippen LogP contribution in [0.4, 0.5) is 10.1 Å². The van der Waals surface area contributed by atoms with E-state index in [0.717, 1.165) is 0 Å². The topological polar surface area (TPSA) is 85.8 Å². The van der Waals surface area contributed by atoms with Gasteiger partial charge in [-0.25, -0.2) is 4.39 Å². The molecule has 0 saturated heterocycles. The van der Waals surface area contributed by atoms with Crippen molar-refractivity contribution in [3.63, 3.8) is 0 Å². The van der Waals surface area contributed by atoms with Crippen molar-refractivity contribution < 1.29 is 9.18 Å². The molecule has 0 radical (unpaired) electrons. The Morgan fingerprint density at radius 2 is 2.32 bits per heavy atom. The van der Waals surface area contributed by atoms with Crippen LogP contribution in [-0.4, -0.2) is 27.4 Å². The number of aryl methyl sites for hydroxylation is 1. The Morgan fingerprint density at radius 1 is 1.53 bits per heavy atom. The first-order chi connectivity index (χ1) is 9.10. The molecule has 0 spiro atoms. The molecule has 0 bridgehead atoms. The van der Waals surface area contributed by atoms with E-state index in [4.69, 9.17) is 5.73 Å². The van der Waals surface area contributed by atoms with Crippen molar-refractivity contribution in [2.75, 3.05) is 11.9 Å².